The van der Waals surface area contributed by atoms with Crippen LogP contribution in [-0.2, 0) is 4.79 Å². The number of hydrogen-bond donors (Lipinski definition) is 0. The number of para-hydroxylation sites is 3. The smallest absolute Gasteiger partial charge is 0.228 e. The van der Waals surface area contributed by atoms with E-state index in [1.807, 2.05) is 55.5 Å². The van der Waals surface area contributed by atoms with Crippen LogP contribution in [0, 0.1) is 0 Å². The van der Waals surface area contributed by atoms with Crippen molar-refractivity contribution >= 4 is 17.3 Å². The predicted octanol–water partition coefficient (Wildman–Crippen LogP) is 3.82. The Labute approximate surface area is 112 Å². The van der Waals surface area contributed by atoms with Gasteiger partial charge in [-0.05, 0) is 25.1 Å². The minimum Gasteiger partial charge on any atom is -0.484 e. The first-order valence-corrected chi connectivity index (χ1v) is 6.34. The summed E-state index contributed by atoms with van der Waals surface area (Å²) in [7, 11) is 0. The summed E-state index contributed by atoms with van der Waals surface area (Å²) in [6.45, 7) is 3.57. The Morgan fingerprint density at radius 3 is 2.42 bits per heavy atom. The number of hydrogen-bond acceptors (Lipinski definition) is 2. The number of carbonyl (C=O) groups excluding carboxylic acids is 1. The van der Waals surface area contributed by atoms with Crippen molar-refractivity contribution in [2.45, 2.75) is 20.0 Å². The molecular weight excluding hydrogens is 238 g/mol. The molecule has 3 rings (SSSR count). The number of ether oxygens (including phenoxy) is 1. The van der Waals surface area contributed by atoms with Gasteiger partial charge in [0.15, 0.2) is 0 Å². The van der Waals surface area contributed by atoms with E-state index in [0.717, 1.165) is 22.7 Å². The van der Waals surface area contributed by atoms with E-state index in [1.54, 1.807) is 11.8 Å². The summed E-state index contributed by atoms with van der Waals surface area (Å²) in [5, 5.41) is 0. The fraction of sp³-hybridized carbons (Fsp3) is 0.188. The molecule has 2 aromatic carbocycles. The molecule has 0 fully saturated rings. The van der Waals surface area contributed by atoms with Gasteiger partial charge in [-0.15, -0.1) is 0 Å². The van der Waals surface area contributed by atoms with Crippen LogP contribution in [0.3, 0.4) is 0 Å². The maximum atomic E-state index is 12.1. The molecule has 0 saturated heterocycles. The average molecular weight is 253 g/mol. The molecule has 1 heterocycles. The highest BCUT2D eigenvalue weighted by molar-refractivity contribution is 6.01. The Morgan fingerprint density at radius 1 is 1.05 bits per heavy atom. The second-order valence-corrected chi connectivity index (χ2v) is 4.64. The number of carbonyl (C=O) groups is 1. The summed E-state index contributed by atoms with van der Waals surface area (Å²) in [6.07, 6.45) is -0.0818. The summed E-state index contributed by atoms with van der Waals surface area (Å²) in [6, 6.07) is 15.5. The quantitative estimate of drug-likeness (QED) is 0.714. The van der Waals surface area contributed by atoms with Crippen molar-refractivity contribution in [1.82, 2.24) is 0 Å². The van der Waals surface area contributed by atoms with Gasteiger partial charge < -0.3 is 4.74 Å². The number of amides is 1. The fourth-order valence-electron chi connectivity index (χ4n) is 2.50. The highest BCUT2D eigenvalue weighted by Gasteiger charge is 2.27. The molecule has 2 aromatic rings. The van der Waals surface area contributed by atoms with Gasteiger partial charge >= 0.3 is 0 Å². The Morgan fingerprint density at radius 2 is 1.68 bits per heavy atom. The lowest BCUT2D eigenvalue weighted by atomic mass is 10.1. The fourth-order valence-corrected chi connectivity index (χ4v) is 2.50. The molecular formula is C16H15NO2. The third-order valence-corrected chi connectivity index (χ3v) is 3.34. The largest absolute Gasteiger partial charge is 0.484 e. The van der Waals surface area contributed by atoms with Crippen molar-refractivity contribution in [3.8, 4) is 5.75 Å². The van der Waals surface area contributed by atoms with Crippen molar-refractivity contribution in [2.75, 3.05) is 4.90 Å². The highest BCUT2D eigenvalue weighted by Crippen LogP contribution is 2.42. The van der Waals surface area contributed by atoms with Crippen LogP contribution in [-0.4, -0.2) is 5.91 Å². The average Bonchev–Trinajstić information content (AvgIpc) is 2.53. The monoisotopic (exact) mass is 253 g/mol. The molecule has 1 unspecified atom stereocenters. The first-order valence-electron chi connectivity index (χ1n) is 6.34. The third kappa shape index (κ3) is 1.87. The molecule has 96 valence electrons. The second kappa shape index (κ2) is 4.43. The number of rotatable bonds is 0. The first kappa shape index (κ1) is 11.8. The lowest BCUT2D eigenvalue weighted by molar-refractivity contribution is -0.115. The summed E-state index contributed by atoms with van der Waals surface area (Å²) in [4.78, 5) is 13.8. The van der Waals surface area contributed by atoms with Crippen LogP contribution < -0.4 is 9.64 Å². The van der Waals surface area contributed by atoms with Crippen LogP contribution >= 0.6 is 0 Å². The van der Waals surface area contributed by atoms with E-state index in [1.165, 1.54) is 0 Å². The third-order valence-electron chi connectivity index (χ3n) is 3.34. The standard InChI is InChI=1S/C16H15NO2/c1-11-13-7-3-4-8-14(13)17(12(2)18)15-9-5-6-10-16(15)19-11/h3-11H,1-2H3. The second-order valence-electron chi connectivity index (χ2n) is 4.64. The lowest BCUT2D eigenvalue weighted by Gasteiger charge is -2.22. The minimum absolute atomic E-state index is 0.0161. The van der Waals surface area contributed by atoms with Crippen LogP contribution in [0.25, 0.3) is 0 Å². The Balaban J connectivity index is 2.28. The van der Waals surface area contributed by atoms with Crippen molar-refractivity contribution in [3.63, 3.8) is 0 Å². The van der Waals surface area contributed by atoms with E-state index < -0.39 is 0 Å². The van der Waals surface area contributed by atoms with Crippen LogP contribution in [0.5, 0.6) is 5.75 Å². The van der Waals surface area contributed by atoms with Crippen molar-refractivity contribution in [3.05, 3.63) is 54.1 Å². The van der Waals surface area contributed by atoms with E-state index in [0.29, 0.717) is 0 Å². The summed E-state index contributed by atoms with van der Waals surface area (Å²) < 4.78 is 5.97. The maximum absolute atomic E-state index is 12.1. The van der Waals surface area contributed by atoms with Crippen molar-refractivity contribution in [2.24, 2.45) is 0 Å². The summed E-state index contributed by atoms with van der Waals surface area (Å²) in [5.74, 6) is 0.721. The molecule has 0 aliphatic carbocycles. The number of nitrogens with zero attached hydrogens (tertiary/aromatic N) is 1. The Bertz CT molecular complexity index is 636. The number of fused-ring (bicyclic) bond motifs is 2. The van der Waals surface area contributed by atoms with Gasteiger partial charge in [-0.25, -0.2) is 0 Å². The molecule has 0 saturated carbocycles. The molecule has 0 N–H and O–H groups in total. The number of benzene rings is 2. The molecule has 1 aliphatic rings. The molecule has 0 spiro atoms. The van der Waals surface area contributed by atoms with E-state index in [4.69, 9.17) is 4.74 Å². The van der Waals surface area contributed by atoms with Gasteiger partial charge in [-0.3, -0.25) is 9.69 Å². The van der Waals surface area contributed by atoms with Gasteiger partial charge in [-0.1, -0.05) is 30.3 Å². The molecule has 1 amide bonds. The minimum atomic E-state index is -0.0818. The van der Waals surface area contributed by atoms with E-state index in [-0.39, 0.29) is 12.0 Å². The van der Waals surface area contributed by atoms with Crippen LogP contribution in [0.4, 0.5) is 11.4 Å². The van der Waals surface area contributed by atoms with E-state index >= 15 is 0 Å². The molecule has 3 nitrogen and oxygen atoms in total. The lowest BCUT2D eigenvalue weighted by Crippen LogP contribution is -2.23. The highest BCUT2D eigenvalue weighted by atomic mass is 16.5. The number of anilines is 2. The van der Waals surface area contributed by atoms with Gasteiger partial charge in [0.25, 0.3) is 0 Å². The maximum Gasteiger partial charge on any atom is 0.228 e. The van der Waals surface area contributed by atoms with Crippen LogP contribution in [0.2, 0.25) is 0 Å². The predicted molar refractivity (Wildman–Crippen MR) is 74.7 cm³/mol. The first-order chi connectivity index (χ1) is 9.18. The van der Waals surface area contributed by atoms with Gasteiger partial charge in [0, 0.05) is 12.5 Å². The van der Waals surface area contributed by atoms with Crippen LogP contribution in [0.15, 0.2) is 48.5 Å². The zero-order valence-corrected chi connectivity index (χ0v) is 11.0. The van der Waals surface area contributed by atoms with Gasteiger partial charge in [0.05, 0.1) is 11.4 Å². The van der Waals surface area contributed by atoms with Crippen molar-refractivity contribution < 1.29 is 9.53 Å². The molecule has 1 aliphatic heterocycles. The van der Waals surface area contributed by atoms with Gasteiger partial charge in [0.2, 0.25) is 5.91 Å². The van der Waals surface area contributed by atoms with Crippen LogP contribution in [0.1, 0.15) is 25.5 Å². The molecule has 0 bridgehead atoms. The van der Waals surface area contributed by atoms with Crippen molar-refractivity contribution in [1.29, 1.82) is 0 Å². The Hall–Kier alpha value is -2.29. The topological polar surface area (TPSA) is 29.5 Å². The molecule has 19 heavy (non-hydrogen) atoms. The molecule has 3 heteroatoms. The van der Waals surface area contributed by atoms with E-state index in [9.17, 15) is 4.79 Å². The zero-order valence-electron chi connectivity index (χ0n) is 11.0. The molecule has 0 radical (unpaired) electrons. The summed E-state index contributed by atoms with van der Waals surface area (Å²) in [5.41, 5.74) is 2.72. The molecule has 0 aromatic heterocycles. The summed E-state index contributed by atoms with van der Waals surface area (Å²) >= 11 is 0. The Kier molecular flexibility index (Phi) is 2.75. The SMILES string of the molecule is CC(=O)N1c2ccccc2OC(C)c2ccccc21. The normalized spacial score (nSPS) is 16.9. The van der Waals surface area contributed by atoms with Gasteiger partial charge in [-0.2, -0.15) is 0 Å². The van der Waals surface area contributed by atoms with E-state index in [2.05, 4.69) is 0 Å². The zero-order chi connectivity index (χ0) is 13.4. The van der Waals surface area contributed by atoms with Gasteiger partial charge in [0.1, 0.15) is 11.9 Å². The molecule has 1 atom stereocenters.